The average Bonchev–Trinajstić information content (AvgIpc) is 1.88. The molecule has 0 radical (unpaired) electrons. The molecule has 0 fully saturated rings. The smallest absolute Gasteiger partial charge is 0.264 e. The molecule has 4 nitrogen and oxygen atoms in total. The maximum atomic E-state index is 10.5. The Bertz CT molecular complexity index is 181. The maximum absolute atomic E-state index is 10.5. The Labute approximate surface area is 67.3 Å². The van der Waals surface area contributed by atoms with Gasteiger partial charge < -0.3 is 5.11 Å². The van der Waals surface area contributed by atoms with E-state index in [0.29, 0.717) is 6.42 Å². The minimum absolute atomic E-state index is 0.0357. The summed E-state index contributed by atoms with van der Waals surface area (Å²) in [7, 11) is -3.35. The van der Waals surface area contributed by atoms with Crippen molar-refractivity contribution in [3.05, 3.63) is 0 Å². The van der Waals surface area contributed by atoms with Crippen LogP contribution in [0.25, 0.3) is 0 Å². The molecule has 0 aliphatic heterocycles. The highest BCUT2D eigenvalue weighted by Crippen LogP contribution is 2.02. The fourth-order valence-corrected chi connectivity index (χ4v) is 0.959. The van der Waals surface area contributed by atoms with Gasteiger partial charge in [-0.15, -0.1) is 0 Å². The van der Waals surface area contributed by atoms with Crippen LogP contribution in [0.5, 0.6) is 0 Å². The van der Waals surface area contributed by atoms with Crippen LogP contribution in [-0.2, 0) is 14.3 Å². The predicted molar refractivity (Wildman–Crippen MR) is 41.7 cm³/mol. The number of hydrogen-bond donors (Lipinski definition) is 1. The molecular weight excluding hydrogens is 168 g/mol. The molecule has 0 amide bonds. The Morgan fingerprint density at radius 3 is 2.36 bits per heavy atom. The summed E-state index contributed by atoms with van der Waals surface area (Å²) in [4.78, 5) is 0. The van der Waals surface area contributed by atoms with E-state index in [2.05, 4.69) is 4.18 Å². The van der Waals surface area contributed by atoms with Crippen LogP contribution in [-0.4, -0.2) is 33.0 Å². The van der Waals surface area contributed by atoms with Crippen LogP contribution in [0.2, 0.25) is 0 Å². The van der Waals surface area contributed by atoms with Crippen LogP contribution in [0.4, 0.5) is 0 Å². The van der Waals surface area contributed by atoms with E-state index in [1.54, 1.807) is 0 Å². The van der Waals surface area contributed by atoms with Crippen molar-refractivity contribution in [1.82, 2.24) is 0 Å². The molecule has 5 heteroatoms. The van der Waals surface area contributed by atoms with Crippen molar-refractivity contribution < 1.29 is 17.7 Å². The molecular formula is C6H14O4S. The second-order valence-corrected chi connectivity index (χ2v) is 4.09. The Balaban J connectivity index is 3.69. The zero-order chi connectivity index (χ0) is 8.91. The van der Waals surface area contributed by atoms with Crippen LogP contribution in [0.15, 0.2) is 0 Å². The number of rotatable bonds is 5. The molecule has 0 aromatic rings. The van der Waals surface area contributed by atoms with Crippen molar-refractivity contribution in [3.63, 3.8) is 0 Å². The van der Waals surface area contributed by atoms with E-state index >= 15 is 0 Å². The Kier molecular flexibility index (Phi) is 4.63. The second kappa shape index (κ2) is 4.69. The van der Waals surface area contributed by atoms with Gasteiger partial charge in [0.1, 0.15) is 0 Å². The maximum Gasteiger partial charge on any atom is 0.264 e. The zero-order valence-electron chi connectivity index (χ0n) is 6.78. The number of aliphatic hydroxyl groups is 1. The van der Waals surface area contributed by atoms with Gasteiger partial charge in [0.2, 0.25) is 0 Å². The molecule has 1 N–H and O–H groups in total. The summed E-state index contributed by atoms with van der Waals surface area (Å²) in [5.74, 6) is -0.0790. The Morgan fingerprint density at radius 2 is 2.09 bits per heavy atom. The highest BCUT2D eigenvalue weighted by Gasteiger charge is 2.08. The molecule has 1 unspecified atom stereocenters. The lowest BCUT2D eigenvalue weighted by Crippen LogP contribution is -2.15. The molecule has 0 bridgehead atoms. The van der Waals surface area contributed by atoms with E-state index in [1.165, 1.54) is 0 Å². The van der Waals surface area contributed by atoms with Crippen LogP contribution in [0.3, 0.4) is 0 Å². The van der Waals surface area contributed by atoms with Gasteiger partial charge in [-0.05, 0) is 6.42 Å². The summed E-state index contributed by atoms with van der Waals surface area (Å²) in [6.07, 6.45) is 1.71. The van der Waals surface area contributed by atoms with Crippen LogP contribution in [0.1, 0.15) is 13.3 Å². The second-order valence-electron chi connectivity index (χ2n) is 2.45. The number of aliphatic hydroxyl groups excluding tert-OH is 1. The molecule has 0 aromatic heterocycles. The van der Waals surface area contributed by atoms with Crippen molar-refractivity contribution in [2.24, 2.45) is 5.92 Å². The highest BCUT2D eigenvalue weighted by atomic mass is 32.2. The average molecular weight is 182 g/mol. The third-order valence-electron chi connectivity index (χ3n) is 1.35. The van der Waals surface area contributed by atoms with E-state index in [9.17, 15) is 8.42 Å². The molecule has 0 heterocycles. The van der Waals surface area contributed by atoms with Crippen LogP contribution < -0.4 is 0 Å². The summed E-state index contributed by atoms with van der Waals surface area (Å²) in [5, 5.41) is 8.65. The minimum atomic E-state index is -3.35. The van der Waals surface area contributed by atoms with Crippen molar-refractivity contribution >= 4 is 10.1 Å². The Morgan fingerprint density at radius 1 is 1.55 bits per heavy atom. The van der Waals surface area contributed by atoms with E-state index in [1.807, 2.05) is 6.92 Å². The van der Waals surface area contributed by atoms with Crippen molar-refractivity contribution in [2.45, 2.75) is 13.3 Å². The minimum Gasteiger partial charge on any atom is -0.396 e. The molecule has 0 aromatic carbocycles. The first kappa shape index (κ1) is 10.9. The first-order valence-corrected chi connectivity index (χ1v) is 5.26. The van der Waals surface area contributed by atoms with E-state index in [4.69, 9.17) is 5.11 Å². The molecule has 1 atom stereocenters. The monoisotopic (exact) mass is 182 g/mol. The summed E-state index contributed by atoms with van der Waals surface area (Å²) in [5.41, 5.74) is 0. The van der Waals surface area contributed by atoms with E-state index in [0.717, 1.165) is 6.26 Å². The first-order valence-electron chi connectivity index (χ1n) is 3.45. The van der Waals surface area contributed by atoms with Crippen LogP contribution in [0, 0.1) is 5.92 Å². The summed E-state index contributed by atoms with van der Waals surface area (Å²) >= 11 is 0. The van der Waals surface area contributed by atoms with Gasteiger partial charge in [0.15, 0.2) is 0 Å². The van der Waals surface area contributed by atoms with Gasteiger partial charge in [-0.1, -0.05) is 6.92 Å². The zero-order valence-corrected chi connectivity index (χ0v) is 7.60. The normalized spacial score (nSPS) is 14.8. The van der Waals surface area contributed by atoms with Crippen LogP contribution >= 0.6 is 0 Å². The molecule has 0 aliphatic carbocycles. The van der Waals surface area contributed by atoms with Gasteiger partial charge in [-0.3, -0.25) is 4.18 Å². The van der Waals surface area contributed by atoms with E-state index in [-0.39, 0.29) is 19.1 Å². The standard InChI is InChI=1S/C6H14O4S/c1-3-6(4-7)5-10-11(2,8)9/h6-7H,3-5H2,1-2H3. The lowest BCUT2D eigenvalue weighted by molar-refractivity contribution is 0.164. The first-order chi connectivity index (χ1) is 4.99. The predicted octanol–water partition coefficient (Wildman–Crippen LogP) is -0.0189. The summed E-state index contributed by atoms with van der Waals surface area (Å²) in [6.45, 7) is 1.91. The Hall–Kier alpha value is -0.130. The molecule has 0 saturated heterocycles. The molecule has 0 rings (SSSR count). The third-order valence-corrected chi connectivity index (χ3v) is 1.92. The summed E-state index contributed by atoms with van der Waals surface area (Å²) < 4.78 is 25.4. The fraction of sp³-hybridized carbons (Fsp3) is 1.00. The fourth-order valence-electron chi connectivity index (χ4n) is 0.519. The highest BCUT2D eigenvalue weighted by molar-refractivity contribution is 7.85. The molecule has 0 saturated carbocycles. The third kappa shape index (κ3) is 6.28. The van der Waals surface area contributed by atoms with Crippen molar-refractivity contribution in [3.8, 4) is 0 Å². The quantitative estimate of drug-likeness (QED) is 0.607. The van der Waals surface area contributed by atoms with Crippen molar-refractivity contribution in [1.29, 1.82) is 0 Å². The topological polar surface area (TPSA) is 63.6 Å². The number of hydrogen-bond acceptors (Lipinski definition) is 4. The van der Waals surface area contributed by atoms with Gasteiger partial charge in [0.25, 0.3) is 10.1 Å². The van der Waals surface area contributed by atoms with Gasteiger partial charge in [-0.25, -0.2) is 0 Å². The lowest BCUT2D eigenvalue weighted by atomic mass is 10.1. The van der Waals surface area contributed by atoms with Gasteiger partial charge >= 0.3 is 0 Å². The molecule has 0 spiro atoms. The molecule has 11 heavy (non-hydrogen) atoms. The molecule has 68 valence electrons. The molecule has 0 aliphatic rings. The van der Waals surface area contributed by atoms with Gasteiger partial charge in [0.05, 0.1) is 12.9 Å². The van der Waals surface area contributed by atoms with E-state index < -0.39 is 10.1 Å². The lowest BCUT2D eigenvalue weighted by Gasteiger charge is -2.09. The van der Waals surface area contributed by atoms with Gasteiger partial charge in [-0.2, -0.15) is 8.42 Å². The SMILES string of the molecule is CCC(CO)COS(C)(=O)=O. The van der Waals surface area contributed by atoms with Crippen molar-refractivity contribution in [2.75, 3.05) is 19.5 Å². The summed E-state index contributed by atoms with van der Waals surface area (Å²) in [6, 6.07) is 0. The van der Waals surface area contributed by atoms with Gasteiger partial charge in [0, 0.05) is 12.5 Å². The largest absolute Gasteiger partial charge is 0.396 e.